The van der Waals surface area contributed by atoms with Crippen molar-refractivity contribution in [2.24, 2.45) is 0 Å². The molecule has 142 valence electrons. The molecule has 0 aliphatic heterocycles. The minimum atomic E-state index is -0.272. The monoisotopic (exact) mass is 447 g/mol. The summed E-state index contributed by atoms with van der Waals surface area (Å²) < 4.78 is 9.49. The fraction of sp³-hybridized carbons (Fsp3) is 0.143. The van der Waals surface area contributed by atoms with Gasteiger partial charge in [-0.3, -0.25) is 4.79 Å². The van der Waals surface area contributed by atoms with Crippen LogP contribution < -0.4 is 5.56 Å². The minimum Gasteiger partial charge on any atom is -0.439 e. The quantitative estimate of drug-likeness (QED) is 0.393. The molecule has 3 aromatic heterocycles. The first-order chi connectivity index (χ1) is 14.2. The molecular weight excluding hydrogens is 434 g/mol. The van der Waals surface area contributed by atoms with E-state index in [-0.39, 0.29) is 12.1 Å². The van der Waals surface area contributed by atoms with Crippen LogP contribution in [0.5, 0.6) is 0 Å². The van der Waals surface area contributed by atoms with Gasteiger partial charge >= 0.3 is 0 Å². The third-order valence-electron chi connectivity index (χ3n) is 4.73. The molecule has 2 aromatic carbocycles. The highest BCUT2D eigenvalue weighted by Gasteiger charge is 2.16. The lowest BCUT2D eigenvalue weighted by molar-refractivity contribution is 0.482. The summed E-state index contributed by atoms with van der Waals surface area (Å²) in [6, 6.07) is 11.9. The van der Waals surface area contributed by atoms with E-state index in [1.54, 1.807) is 17.7 Å². The molecule has 0 bridgehead atoms. The second-order valence-corrected chi connectivity index (χ2v) is 7.19. The van der Waals surface area contributed by atoms with Crippen LogP contribution in [0.25, 0.3) is 32.9 Å². The number of halogens is 1. The van der Waals surface area contributed by atoms with Crippen LogP contribution in [0.4, 0.5) is 0 Å². The highest BCUT2D eigenvalue weighted by Crippen LogP contribution is 2.25. The highest BCUT2D eigenvalue weighted by atomic mass is 79.9. The number of hydrogen-bond acceptors (Lipinski definition) is 5. The molecule has 5 rings (SSSR count). The van der Waals surface area contributed by atoms with Gasteiger partial charge in [-0.2, -0.15) is 5.10 Å². The Morgan fingerprint density at radius 1 is 1.17 bits per heavy atom. The van der Waals surface area contributed by atoms with E-state index in [2.05, 4.69) is 42.8 Å². The maximum absolute atomic E-state index is 13.1. The molecule has 5 aromatic rings. The van der Waals surface area contributed by atoms with E-state index in [1.165, 1.54) is 4.68 Å². The van der Waals surface area contributed by atoms with E-state index in [0.717, 1.165) is 16.3 Å². The molecule has 3 heterocycles. The summed E-state index contributed by atoms with van der Waals surface area (Å²) in [5.41, 5.74) is 2.14. The molecule has 29 heavy (non-hydrogen) atoms. The van der Waals surface area contributed by atoms with E-state index in [1.807, 2.05) is 36.4 Å². The van der Waals surface area contributed by atoms with Gasteiger partial charge < -0.3 is 8.98 Å². The summed E-state index contributed by atoms with van der Waals surface area (Å²) in [4.78, 5) is 22.0. The van der Waals surface area contributed by atoms with Crippen molar-refractivity contribution in [2.45, 2.75) is 20.0 Å². The molecule has 7 nitrogen and oxygen atoms in total. The zero-order valence-corrected chi connectivity index (χ0v) is 17.0. The van der Waals surface area contributed by atoms with Crippen LogP contribution in [0.2, 0.25) is 0 Å². The van der Waals surface area contributed by atoms with Crippen molar-refractivity contribution >= 4 is 48.8 Å². The van der Waals surface area contributed by atoms with Gasteiger partial charge in [0.25, 0.3) is 5.56 Å². The van der Waals surface area contributed by atoms with Crippen molar-refractivity contribution in [3.8, 4) is 11.8 Å². The third kappa shape index (κ3) is 2.91. The number of rotatable bonds is 3. The number of benzene rings is 2. The fourth-order valence-electron chi connectivity index (χ4n) is 3.38. The van der Waals surface area contributed by atoms with Crippen LogP contribution in [0.1, 0.15) is 12.8 Å². The lowest BCUT2D eigenvalue weighted by Gasteiger charge is -2.03. The summed E-state index contributed by atoms with van der Waals surface area (Å²) in [5.74, 6) is 6.21. The smallest absolute Gasteiger partial charge is 0.293 e. The summed E-state index contributed by atoms with van der Waals surface area (Å²) in [6.45, 7) is 2.24. The number of fused-ring (bicyclic) bond motifs is 4. The average molecular weight is 448 g/mol. The van der Waals surface area contributed by atoms with Crippen molar-refractivity contribution in [1.82, 2.24) is 24.3 Å². The number of hydrogen-bond donors (Lipinski definition) is 0. The van der Waals surface area contributed by atoms with E-state index in [0.29, 0.717) is 33.8 Å². The van der Waals surface area contributed by atoms with Gasteiger partial charge in [-0.05, 0) is 34.3 Å². The van der Waals surface area contributed by atoms with Gasteiger partial charge in [0.1, 0.15) is 23.1 Å². The van der Waals surface area contributed by atoms with Gasteiger partial charge in [0.2, 0.25) is 5.89 Å². The topological polar surface area (TPSA) is 78.7 Å². The van der Waals surface area contributed by atoms with Crippen LogP contribution in [0, 0.1) is 11.8 Å². The lowest BCUT2D eigenvalue weighted by atomic mass is 10.1. The molecule has 0 unspecified atom stereocenters. The normalized spacial score (nSPS) is 11.2. The number of aromatic nitrogens is 5. The van der Waals surface area contributed by atoms with Crippen LogP contribution >= 0.6 is 15.9 Å². The van der Waals surface area contributed by atoms with E-state index in [4.69, 9.17) is 4.42 Å². The van der Waals surface area contributed by atoms with Crippen molar-refractivity contribution in [3.63, 3.8) is 0 Å². The van der Waals surface area contributed by atoms with E-state index in [9.17, 15) is 4.79 Å². The Morgan fingerprint density at radius 3 is 2.90 bits per heavy atom. The third-order valence-corrected chi connectivity index (χ3v) is 5.34. The van der Waals surface area contributed by atoms with Crippen LogP contribution in [-0.4, -0.2) is 24.3 Å². The summed E-state index contributed by atoms with van der Waals surface area (Å²) in [6.07, 6.45) is 1.56. The van der Waals surface area contributed by atoms with Gasteiger partial charge in [-0.1, -0.05) is 36.3 Å². The van der Waals surface area contributed by atoms with Gasteiger partial charge in [-0.25, -0.2) is 14.6 Å². The molecule has 0 spiro atoms. The van der Waals surface area contributed by atoms with Gasteiger partial charge in [0.05, 0.1) is 12.7 Å². The second kappa shape index (κ2) is 6.87. The zero-order valence-electron chi connectivity index (χ0n) is 15.4. The Hall–Kier alpha value is -3.44. The molecule has 0 radical (unpaired) electrons. The molecule has 0 atom stereocenters. The Balaban J connectivity index is 1.61. The molecule has 0 fully saturated rings. The SMILES string of the molecule is CC#CCn1c(Br)nc2cnn(Cc3nc4c(ccc5ccccc54)o3)c(=O)c21. The summed E-state index contributed by atoms with van der Waals surface area (Å²) in [7, 11) is 0. The first-order valence-corrected chi connectivity index (χ1v) is 9.73. The highest BCUT2D eigenvalue weighted by molar-refractivity contribution is 9.10. The maximum atomic E-state index is 13.1. The first kappa shape index (κ1) is 17.6. The predicted octanol–water partition coefficient (Wildman–Crippen LogP) is 3.72. The summed E-state index contributed by atoms with van der Waals surface area (Å²) in [5, 5.41) is 6.34. The molecule has 0 saturated carbocycles. The predicted molar refractivity (Wildman–Crippen MR) is 114 cm³/mol. The minimum absolute atomic E-state index is 0.125. The fourth-order valence-corrected chi connectivity index (χ4v) is 3.87. The van der Waals surface area contributed by atoms with Gasteiger partial charge in [0, 0.05) is 5.39 Å². The number of nitrogens with zero attached hydrogens (tertiary/aromatic N) is 5. The number of oxazole rings is 1. The Bertz CT molecular complexity index is 1520. The van der Waals surface area contributed by atoms with Crippen LogP contribution in [0.15, 0.2) is 56.5 Å². The largest absolute Gasteiger partial charge is 0.439 e. The van der Waals surface area contributed by atoms with Crippen LogP contribution in [0.3, 0.4) is 0 Å². The molecule has 0 N–H and O–H groups in total. The first-order valence-electron chi connectivity index (χ1n) is 8.94. The maximum Gasteiger partial charge on any atom is 0.293 e. The molecular formula is C21H14BrN5O2. The average Bonchev–Trinajstić information content (AvgIpc) is 3.29. The second-order valence-electron chi connectivity index (χ2n) is 6.48. The molecule has 0 aliphatic rings. The summed E-state index contributed by atoms with van der Waals surface area (Å²) >= 11 is 3.39. The standard InChI is InChI=1S/C21H14BrN5O2/c1-2-3-10-26-19-15(24-21(26)22)11-23-27(20(19)28)12-17-25-18-14-7-5-4-6-13(14)8-9-16(18)29-17/h4-9,11H,10,12H2,1H3. The zero-order chi connectivity index (χ0) is 20.0. The Kier molecular flexibility index (Phi) is 4.18. The van der Waals surface area contributed by atoms with E-state index < -0.39 is 0 Å². The number of imidazole rings is 1. The molecule has 8 heteroatoms. The van der Waals surface area contributed by atoms with Crippen molar-refractivity contribution in [2.75, 3.05) is 0 Å². The van der Waals surface area contributed by atoms with Crippen molar-refractivity contribution in [3.05, 3.63) is 63.6 Å². The Labute approximate surface area is 173 Å². The molecule has 0 aliphatic carbocycles. The van der Waals surface area contributed by atoms with Gasteiger partial charge in [-0.15, -0.1) is 5.92 Å². The van der Waals surface area contributed by atoms with Crippen molar-refractivity contribution < 1.29 is 4.42 Å². The van der Waals surface area contributed by atoms with Crippen molar-refractivity contribution in [1.29, 1.82) is 0 Å². The molecule has 0 saturated heterocycles. The molecule has 0 amide bonds. The van der Waals surface area contributed by atoms with E-state index >= 15 is 0 Å². The Morgan fingerprint density at radius 2 is 2.03 bits per heavy atom. The van der Waals surface area contributed by atoms with Gasteiger partial charge in [0.15, 0.2) is 10.3 Å². The van der Waals surface area contributed by atoms with Crippen LogP contribution in [-0.2, 0) is 13.1 Å². The lowest BCUT2D eigenvalue weighted by Crippen LogP contribution is -2.25.